The summed E-state index contributed by atoms with van der Waals surface area (Å²) >= 11 is 0. The summed E-state index contributed by atoms with van der Waals surface area (Å²) in [5.41, 5.74) is 2.82. The van der Waals surface area contributed by atoms with Gasteiger partial charge in [-0.05, 0) is 48.2 Å². The molecule has 0 N–H and O–H groups in total. The monoisotopic (exact) mass is 353 g/mol. The number of ether oxygens (including phenoxy) is 3. The summed E-state index contributed by atoms with van der Waals surface area (Å²) in [6, 6.07) is 13.8. The molecule has 5 heteroatoms. The third-order valence-electron chi connectivity index (χ3n) is 4.95. The smallest absolute Gasteiger partial charge is 0.254 e. The van der Waals surface area contributed by atoms with Crippen LogP contribution in [0.1, 0.15) is 40.4 Å². The van der Waals surface area contributed by atoms with Crippen LogP contribution in [0.25, 0.3) is 0 Å². The third kappa shape index (κ3) is 3.27. The fourth-order valence-corrected chi connectivity index (χ4v) is 3.75. The first-order chi connectivity index (χ1) is 12.8. The van der Waals surface area contributed by atoms with Crippen molar-refractivity contribution in [1.82, 2.24) is 4.90 Å². The van der Waals surface area contributed by atoms with Gasteiger partial charge in [-0.25, -0.2) is 0 Å². The maximum Gasteiger partial charge on any atom is 0.254 e. The number of fused-ring (bicyclic) bond motifs is 1. The first-order valence-corrected chi connectivity index (χ1v) is 9.04. The number of hydrogen-bond donors (Lipinski definition) is 0. The predicted octanol–water partition coefficient (Wildman–Crippen LogP) is 3.58. The van der Waals surface area contributed by atoms with Crippen LogP contribution in [0.2, 0.25) is 0 Å². The van der Waals surface area contributed by atoms with Crippen molar-refractivity contribution in [2.45, 2.75) is 25.5 Å². The molecule has 2 aromatic carbocycles. The minimum absolute atomic E-state index is 0.0698. The Bertz CT molecular complexity index is 804. The molecule has 1 saturated heterocycles. The molecule has 136 valence electrons. The third-order valence-corrected chi connectivity index (χ3v) is 4.95. The van der Waals surface area contributed by atoms with Crippen molar-refractivity contribution in [3.63, 3.8) is 0 Å². The number of amides is 1. The summed E-state index contributed by atoms with van der Waals surface area (Å²) in [5.74, 6) is 1.62. The van der Waals surface area contributed by atoms with Gasteiger partial charge in [-0.15, -0.1) is 0 Å². The lowest BCUT2D eigenvalue weighted by atomic mass is 10.0. The van der Waals surface area contributed by atoms with Crippen molar-refractivity contribution >= 4 is 5.91 Å². The topological polar surface area (TPSA) is 48.0 Å². The van der Waals surface area contributed by atoms with Crippen molar-refractivity contribution in [2.24, 2.45) is 0 Å². The molecule has 1 atom stereocenters. The molecule has 1 unspecified atom stereocenters. The number of nitrogens with zero attached hydrogens (tertiary/aromatic N) is 1. The summed E-state index contributed by atoms with van der Waals surface area (Å²) in [5, 5.41) is 0. The lowest BCUT2D eigenvalue weighted by molar-refractivity contribution is 0.0735. The molecule has 0 spiro atoms. The summed E-state index contributed by atoms with van der Waals surface area (Å²) in [4.78, 5) is 15.1. The zero-order valence-electron chi connectivity index (χ0n) is 14.9. The molecule has 0 radical (unpaired) electrons. The molecule has 1 fully saturated rings. The summed E-state index contributed by atoms with van der Waals surface area (Å²) in [6.45, 7) is 2.42. The molecule has 26 heavy (non-hydrogen) atoms. The highest BCUT2D eigenvalue weighted by atomic mass is 16.6. The van der Waals surface area contributed by atoms with Gasteiger partial charge in [0.2, 0.25) is 0 Å². The van der Waals surface area contributed by atoms with Crippen LogP contribution in [0.4, 0.5) is 0 Å². The normalized spacial score (nSPS) is 18.8. The first kappa shape index (κ1) is 16.9. The fourth-order valence-electron chi connectivity index (χ4n) is 3.75. The highest BCUT2D eigenvalue weighted by Crippen LogP contribution is 2.38. The summed E-state index contributed by atoms with van der Waals surface area (Å²) in [6.07, 6.45) is 1.96. The van der Waals surface area contributed by atoms with Gasteiger partial charge in [0, 0.05) is 19.2 Å². The molecule has 5 nitrogen and oxygen atoms in total. The van der Waals surface area contributed by atoms with Crippen LogP contribution in [0.5, 0.6) is 11.5 Å². The van der Waals surface area contributed by atoms with E-state index < -0.39 is 0 Å². The Labute approximate surface area is 153 Å². The average Bonchev–Trinajstić information content (AvgIpc) is 3.17. The minimum Gasteiger partial charge on any atom is -0.486 e. The number of hydrogen-bond acceptors (Lipinski definition) is 4. The molecule has 0 saturated carbocycles. The molecule has 0 bridgehead atoms. The number of methoxy groups -OCH3 is 1. The average molecular weight is 353 g/mol. The van der Waals surface area contributed by atoms with Gasteiger partial charge in [-0.1, -0.05) is 18.2 Å². The van der Waals surface area contributed by atoms with Crippen LogP contribution in [0.3, 0.4) is 0 Å². The second-order valence-corrected chi connectivity index (χ2v) is 6.69. The Balaban J connectivity index is 1.58. The Kier molecular flexibility index (Phi) is 4.80. The quantitative estimate of drug-likeness (QED) is 0.843. The summed E-state index contributed by atoms with van der Waals surface area (Å²) < 4.78 is 16.5. The van der Waals surface area contributed by atoms with Gasteiger partial charge in [-0.2, -0.15) is 0 Å². The van der Waals surface area contributed by atoms with E-state index in [1.807, 2.05) is 47.4 Å². The number of benzene rings is 2. The van der Waals surface area contributed by atoms with E-state index in [0.29, 0.717) is 25.4 Å². The maximum absolute atomic E-state index is 13.1. The predicted molar refractivity (Wildman–Crippen MR) is 97.6 cm³/mol. The van der Waals surface area contributed by atoms with E-state index in [4.69, 9.17) is 14.2 Å². The fraction of sp³-hybridized carbons (Fsp3) is 0.381. The number of carbonyl (C=O) groups is 1. The van der Waals surface area contributed by atoms with E-state index >= 15 is 0 Å². The van der Waals surface area contributed by atoms with Gasteiger partial charge in [0.05, 0.1) is 12.6 Å². The van der Waals surface area contributed by atoms with Gasteiger partial charge in [0.1, 0.15) is 13.2 Å². The number of rotatable bonds is 4. The Morgan fingerprint density at radius 2 is 2.00 bits per heavy atom. The molecule has 2 aromatic rings. The molecular formula is C21H23NO4. The van der Waals surface area contributed by atoms with Gasteiger partial charge in [0.25, 0.3) is 5.91 Å². The minimum atomic E-state index is 0.0698. The van der Waals surface area contributed by atoms with Crippen molar-refractivity contribution < 1.29 is 19.0 Å². The molecule has 2 aliphatic rings. The van der Waals surface area contributed by atoms with E-state index in [-0.39, 0.29) is 11.9 Å². The zero-order chi connectivity index (χ0) is 17.9. The first-order valence-electron chi connectivity index (χ1n) is 9.04. The molecule has 2 heterocycles. The molecule has 0 aromatic heterocycles. The van der Waals surface area contributed by atoms with Crippen molar-refractivity contribution in [3.05, 3.63) is 59.2 Å². The van der Waals surface area contributed by atoms with Crippen LogP contribution >= 0.6 is 0 Å². The zero-order valence-corrected chi connectivity index (χ0v) is 14.9. The second-order valence-electron chi connectivity index (χ2n) is 6.69. The standard InChI is InChI=1S/C21H23NO4/c1-24-14-15-4-2-5-17(12-15)21(23)22-9-3-6-18(22)16-7-8-19-20(13-16)26-11-10-25-19/h2,4-5,7-8,12-13,18H,3,6,9-11,14H2,1H3. The second kappa shape index (κ2) is 7.38. The van der Waals surface area contributed by atoms with Crippen LogP contribution in [0, 0.1) is 0 Å². The molecule has 1 amide bonds. The van der Waals surface area contributed by atoms with Crippen molar-refractivity contribution in [2.75, 3.05) is 26.9 Å². The van der Waals surface area contributed by atoms with E-state index in [1.165, 1.54) is 0 Å². The molecular weight excluding hydrogens is 330 g/mol. The molecule has 4 rings (SSSR count). The molecule has 2 aliphatic heterocycles. The SMILES string of the molecule is COCc1cccc(C(=O)N2CCCC2c2ccc3c(c2)OCCO3)c1. The van der Waals surface area contributed by atoms with E-state index in [0.717, 1.165) is 42.0 Å². The lowest BCUT2D eigenvalue weighted by Crippen LogP contribution is -2.30. The Hall–Kier alpha value is -2.53. The van der Waals surface area contributed by atoms with E-state index in [1.54, 1.807) is 7.11 Å². The lowest BCUT2D eigenvalue weighted by Gasteiger charge is -2.27. The van der Waals surface area contributed by atoms with Crippen LogP contribution in [-0.2, 0) is 11.3 Å². The van der Waals surface area contributed by atoms with Crippen molar-refractivity contribution in [1.29, 1.82) is 0 Å². The summed E-state index contributed by atoms with van der Waals surface area (Å²) in [7, 11) is 1.66. The van der Waals surface area contributed by atoms with Gasteiger partial charge < -0.3 is 19.1 Å². The highest BCUT2D eigenvalue weighted by Gasteiger charge is 2.31. The Morgan fingerprint density at radius 1 is 1.15 bits per heavy atom. The van der Waals surface area contributed by atoms with Crippen molar-refractivity contribution in [3.8, 4) is 11.5 Å². The van der Waals surface area contributed by atoms with Gasteiger partial charge in [0.15, 0.2) is 11.5 Å². The van der Waals surface area contributed by atoms with E-state index in [2.05, 4.69) is 0 Å². The van der Waals surface area contributed by atoms with Gasteiger partial charge in [-0.3, -0.25) is 4.79 Å². The largest absolute Gasteiger partial charge is 0.486 e. The van der Waals surface area contributed by atoms with E-state index in [9.17, 15) is 4.79 Å². The van der Waals surface area contributed by atoms with Crippen LogP contribution < -0.4 is 9.47 Å². The van der Waals surface area contributed by atoms with Crippen LogP contribution in [-0.4, -0.2) is 37.7 Å². The molecule has 0 aliphatic carbocycles. The van der Waals surface area contributed by atoms with Gasteiger partial charge >= 0.3 is 0 Å². The maximum atomic E-state index is 13.1. The number of carbonyl (C=O) groups excluding carboxylic acids is 1. The van der Waals surface area contributed by atoms with Crippen LogP contribution in [0.15, 0.2) is 42.5 Å². The number of likely N-dealkylation sites (tertiary alicyclic amines) is 1. The Morgan fingerprint density at radius 3 is 2.85 bits per heavy atom. The highest BCUT2D eigenvalue weighted by molar-refractivity contribution is 5.94.